The molecule has 3 aromatic heterocycles. The standard InChI is InChI=1S/C26H27F4N7/c1-15(2)37-16(3)33-24-19(27)9-18(10-21(24)37)23-20(28)12-32-25(35-23)34-22-6-5-17(11-31-22)13-36-8-4-7-26(29,30)14-36/h5-6,9-12,15H,4,7-8,13-14H2,1-3H3,(H,31,32,34,35). The summed E-state index contributed by atoms with van der Waals surface area (Å²) in [5.41, 5.74) is 1.77. The van der Waals surface area contributed by atoms with E-state index in [1.807, 2.05) is 18.4 Å². The smallest absolute Gasteiger partial charge is 0.260 e. The third kappa shape index (κ3) is 5.27. The number of aromatic nitrogens is 5. The Hall–Kier alpha value is -3.60. The Morgan fingerprint density at radius 1 is 1.05 bits per heavy atom. The summed E-state index contributed by atoms with van der Waals surface area (Å²) in [6, 6.07) is 6.38. The van der Waals surface area contributed by atoms with Gasteiger partial charge < -0.3 is 9.88 Å². The van der Waals surface area contributed by atoms with E-state index in [0.717, 1.165) is 11.8 Å². The van der Waals surface area contributed by atoms with Crippen LogP contribution in [0, 0.1) is 18.6 Å². The molecule has 0 atom stereocenters. The van der Waals surface area contributed by atoms with Gasteiger partial charge in [-0.25, -0.2) is 37.5 Å². The van der Waals surface area contributed by atoms with Crippen LogP contribution < -0.4 is 5.32 Å². The van der Waals surface area contributed by atoms with Gasteiger partial charge in [0.1, 0.15) is 22.9 Å². The summed E-state index contributed by atoms with van der Waals surface area (Å²) in [7, 11) is 0. The first-order valence-electron chi connectivity index (χ1n) is 12.1. The lowest BCUT2D eigenvalue weighted by molar-refractivity contribution is -0.0661. The van der Waals surface area contributed by atoms with Crippen LogP contribution in [0.4, 0.5) is 29.3 Å². The highest BCUT2D eigenvalue weighted by atomic mass is 19.3. The molecule has 1 N–H and O–H groups in total. The Morgan fingerprint density at radius 3 is 2.57 bits per heavy atom. The molecule has 0 saturated carbocycles. The minimum absolute atomic E-state index is 0.0348. The summed E-state index contributed by atoms with van der Waals surface area (Å²) < 4.78 is 58.9. The predicted octanol–water partition coefficient (Wildman–Crippen LogP) is 6.03. The molecule has 0 amide bonds. The zero-order chi connectivity index (χ0) is 26.3. The van der Waals surface area contributed by atoms with Crippen LogP contribution in [0.5, 0.6) is 0 Å². The highest BCUT2D eigenvalue weighted by Crippen LogP contribution is 2.31. The van der Waals surface area contributed by atoms with Crippen molar-refractivity contribution in [3.8, 4) is 11.3 Å². The molecule has 0 radical (unpaired) electrons. The number of pyridine rings is 1. The summed E-state index contributed by atoms with van der Waals surface area (Å²) in [6.07, 6.45) is 2.99. The number of aryl methyl sites for hydroxylation is 1. The molecule has 7 nitrogen and oxygen atoms in total. The Kier molecular flexibility index (Phi) is 6.57. The van der Waals surface area contributed by atoms with Crippen LogP contribution in [0.15, 0.2) is 36.7 Å². The Morgan fingerprint density at radius 2 is 1.86 bits per heavy atom. The molecular weight excluding hydrogens is 486 g/mol. The number of fused-ring (bicyclic) bond motifs is 1. The minimum atomic E-state index is -2.66. The lowest BCUT2D eigenvalue weighted by Crippen LogP contribution is -2.42. The zero-order valence-corrected chi connectivity index (χ0v) is 20.8. The second-order valence-electron chi connectivity index (χ2n) is 9.69. The van der Waals surface area contributed by atoms with Crippen molar-refractivity contribution in [1.82, 2.24) is 29.4 Å². The molecule has 0 unspecified atom stereocenters. The number of rotatable bonds is 6. The van der Waals surface area contributed by atoms with Crippen LogP contribution in [-0.4, -0.2) is 48.4 Å². The molecule has 0 bridgehead atoms. The summed E-state index contributed by atoms with van der Waals surface area (Å²) in [6.45, 7) is 6.46. The second-order valence-corrected chi connectivity index (χ2v) is 9.69. The largest absolute Gasteiger partial charge is 0.326 e. The van der Waals surface area contributed by atoms with Crippen molar-refractivity contribution in [2.24, 2.45) is 0 Å². The lowest BCUT2D eigenvalue weighted by Gasteiger charge is -2.32. The maximum absolute atomic E-state index is 14.9. The highest BCUT2D eigenvalue weighted by molar-refractivity contribution is 5.83. The topological polar surface area (TPSA) is 71.8 Å². The molecule has 1 saturated heterocycles. The normalized spacial score (nSPS) is 16.0. The minimum Gasteiger partial charge on any atom is -0.326 e. The van der Waals surface area contributed by atoms with Gasteiger partial charge in [0, 0.05) is 30.8 Å². The number of anilines is 2. The third-order valence-electron chi connectivity index (χ3n) is 6.40. The van der Waals surface area contributed by atoms with Gasteiger partial charge in [-0.15, -0.1) is 0 Å². The first-order valence-corrected chi connectivity index (χ1v) is 12.1. The van der Waals surface area contributed by atoms with Crippen LogP contribution in [0.3, 0.4) is 0 Å². The lowest BCUT2D eigenvalue weighted by atomic mass is 10.1. The van der Waals surface area contributed by atoms with E-state index < -0.39 is 17.6 Å². The molecule has 1 aliphatic rings. The summed E-state index contributed by atoms with van der Waals surface area (Å²) in [5.74, 6) is -2.77. The van der Waals surface area contributed by atoms with Crippen molar-refractivity contribution in [1.29, 1.82) is 0 Å². The van der Waals surface area contributed by atoms with E-state index in [1.54, 1.807) is 36.2 Å². The van der Waals surface area contributed by atoms with Crippen LogP contribution in [-0.2, 0) is 6.54 Å². The molecule has 194 valence electrons. The number of hydrogen-bond donors (Lipinski definition) is 1. The van der Waals surface area contributed by atoms with Gasteiger partial charge in [0.15, 0.2) is 11.6 Å². The van der Waals surface area contributed by atoms with Gasteiger partial charge in [0.25, 0.3) is 5.92 Å². The van der Waals surface area contributed by atoms with Gasteiger partial charge in [0.05, 0.1) is 18.3 Å². The van der Waals surface area contributed by atoms with Crippen molar-refractivity contribution in [2.75, 3.05) is 18.4 Å². The fraction of sp³-hybridized carbons (Fsp3) is 0.385. The van der Waals surface area contributed by atoms with Gasteiger partial charge in [-0.3, -0.25) is 4.90 Å². The zero-order valence-electron chi connectivity index (χ0n) is 20.8. The molecular formula is C26H27F4N7. The van der Waals surface area contributed by atoms with Crippen molar-refractivity contribution in [2.45, 2.75) is 52.1 Å². The third-order valence-corrected chi connectivity index (χ3v) is 6.40. The number of hydrogen-bond acceptors (Lipinski definition) is 6. The molecule has 11 heteroatoms. The van der Waals surface area contributed by atoms with Crippen LogP contribution in [0.1, 0.15) is 44.1 Å². The second kappa shape index (κ2) is 9.70. The molecule has 4 heterocycles. The van der Waals surface area contributed by atoms with E-state index in [9.17, 15) is 17.6 Å². The molecule has 37 heavy (non-hydrogen) atoms. The number of imidazole rings is 1. The van der Waals surface area contributed by atoms with Gasteiger partial charge in [-0.1, -0.05) is 6.07 Å². The Balaban J connectivity index is 1.37. The molecule has 1 aliphatic heterocycles. The summed E-state index contributed by atoms with van der Waals surface area (Å²) in [4.78, 5) is 18.6. The highest BCUT2D eigenvalue weighted by Gasteiger charge is 2.34. The number of halogens is 4. The van der Waals surface area contributed by atoms with Crippen LogP contribution in [0.2, 0.25) is 0 Å². The first-order chi connectivity index (χ1) is 17.6. The average molecular weight is 514 g/mol. The summed E-state index contributed by atoms with van der Waals surface area (Å²) >= 11 is 0. The average Bonchev–Trinajstić information content (AvgIpc) is 3.17. The van der Waals surface area contributed by atoms with E-state index in [4.69, 9.17) is 0 Å². The van der Waals surface area contributed by atoms with E-state index in [1.165, 1.54) is 6.07 Å². The number of nitrogens with one attached hydrogen (secondary N) is 1. The van der Waals surface area contributed by atoms with E-state index in [0.29, 0.717) is 36.7 Å². The number of alkyl halides is 2. The molecule has 1 fully saturated rings. The molecule has 0 spiro atoms. The van der Waals surface area contributed by atoms with Crippen molar-refractivity contribution < 1.29 is 17.6 Å². The maximum Gasteiger partial charge on any atom is 0.260 e. The molecule has 4 aromatic rings. The predicted molar refractivity (Wildman–Crippen MR) is 133 cm³/mol. The fourth-order valence-electron chi connectivity index (χ4n) is 4.83. The van der Waals surface area contributed by atoms with E-state index >= 15 is 0 Å². The summed E-state index contributed by atoms with van der Waals surface area (Å²) in [5, 5.41) is 2.93. The van der Waals surface area contributed by atoms with Gasteiger partial charge in [-0.2, -0.15) is 0 Å². The van der Waals surface area contributed by atoms with Gasteiger partial charge in [0.2, 0.25) is 5.95 Å². The quantitative estimate of drug-likeness (QED) is 0.318. The Labute approximate surface area is 211 Å². The van der Waals surface area contributed by atoms with Gasteiger partial charge in [-0.05, 0) is 57.5 Å². The monoisotopic (exact) mass is 513 g/mol. The number of likely N-dealkylation sites (tertiary alicyclic amines) is 1. The van der Waals surface area contributed by atoms with E-state index in [2.05, 4.69) is 25.3 Å². The SMILES string of the molecule is Cc1nc2c(F)cc(-c3nc(Nc4ccc(CN5CCCC(F)(F)C5)cn4)ncc3F)cc2n1C(C)C. The van der Waals surface area contributed by atoms with Crippen molar-refractivity contribution in [3.63, 3.8) is 0 Å². The van der Waals surface area contributed by atoms with Crippen molar-refractivity contribution >= 4 is 22.8 Å². The molecule has 0 aliphatic carbocycles. The number of piperidine rings is 1. The van der Waals surface area contributed by atoms with Gasteiger partial charge >= 0.3 is 0 Å². The first kappa shape index (κ1) is 25.1. The Bertz CT molecular complexity index is 1430. The van der Waals surface area contributed by atoms with Crippen LogP contribution in [0.25, 0.3) is 22.3 Å². The number of nitrogens with zero attached hydrogens (tertiary/aromatic N) is 6. The maximum atomic E-state index is 14.9. The van der Waals surface area contributed by atoms with Crippen LogP contribution >= 0.6 is 0 Å². The van der Waals surface area contributed by atoms with Crippen molar-refractivity contribution in [3.05, 3.63) is 59.7 Å². The molecule has 1 aromatic carbocycles. The van der Waals surface area contributed by atoms with E-state index in [-0.39, 0.29) is 41.7 Å². The fourth-order valence-corrected chi connectivity index (χ4v) is 4.83. The number of benzene rings is 1. The molecule has 5 rings (SSSR count).